The summed E-state index contributed by atoms with van der Waals surface area (Å²) in [7, 11) is 0. The Morgan fingerprint density at radius 2 is 1.94 bits per heavy atom. The smallest absolute Gasteiger partial charge is 0.309 e. The standard InChI is InChI=1S/C13H15FO3/c1-2-17-13(16)9-11(14)12(15)8-10-6-4-3-5-7-10/h3-7,11H,2,8-9H2,1H3. The molecule has 0 aliphatic heterocycles. The Kier molecular flexibility index (Phi) is 5.33. The number of carbonyl (C=O) groups excluding carboxylic acids is 2. The molecule has 1 atom stereocenters. The molecular formula is C13H15FO3. The molecule has 1 aromatic carbocycles. The van der Waals surface area contributed by atoms with Crippen molar-refractivity contribution in [1.29, 1.82) is 0 Å². The monoisotopic (exact) mass is 238 g/mol. The van der Waals surface area contributed by atoms with E-state index < -0.39 is 24.3 Å². The summed E-state index contributed by atoms with van der Waals surface area (Å²) in [5, 5.41) is 0. The van der Waals surface area contributed by atoms with E-state index >= 15 is 0 Å². The normalized spacial score (nSPS) is 11.9. The molecule has 92 valence electrons. The molecule has 4 heteroatoms. The number of Topliss-reactive ketones (excluding diaryl/α,β-unsaturated/α-hetero) is 1. The minimum Gasteiger partial charge on any atom is -0.466 e. The van der Waals surface area contributed by atoms with Gasteiger partial charge in [-0.25, -0.2) is 4.39 Å². The zero-order valence-electron chi connectivity index (χ0n) is 9.69. The number of carbonyl (C=O) groups is 2. The average Bonchev–Trinajstić information content (AvgIpc) is 2.30. The number of hydrogen-bond acceptors (Lipinski definition) is 3. The molecule has 0 heterocycles. The highest BCUT2D eigenvalue weighted by atomic mass is 19.1. The van der Waals surface area contributed by atoms with Gasteiger partial charge in [-0.05, 0) is 12.5 Å². The number of halogens is 1. The minimum absolute atomic E-state index is 0.00140. The van der Waals surface area contributed by atoms with Crippen molar-refractivity contribution >= 4 is 11.8 Å². The van der Waals surface area contributed by atoms with Crippen molar-refractivity contribution in [3.05, 3.63) is 35.9 Å². The first-order valence-corrected chi connectivity index (χ1v) is 5.49. The maximum atomic E-state index is 13.4. The average molecular weight is 238 g/mol. The summed E-state index contributed by atoms with van der Waals surface area (Å²) in [6.45, 7) is 1.83. The summed E-state index contributed by atoms with van der Waals surface area (Å²) in [5.74, 6) is -1.27. The number of ether oxygens (including phenoxy) is 1. The van der Waals surface area contributed by atoms with E-state index in [9.17, 15) is 14.0 Å². The molecule has 0 aromatic heterocycles. The van der Waals surface area contributed by atoms with Gasteiger partial charge in [0, 0.05) is 6.42 Å². The van der Waals surface area contributed by atoms with E-state index in [-0.39, 0.29) is 13.0 Å². The van der Waals surface area contributed by atoms with Crippen LogP contribution in [0.1, 0.15) is 18.9 Å². The lowest BCUT2D eigenvalue weighted by atomic mass is 10.0. The first-order chi connectivity index (χ1) is 8.13. The lowest BCUT2D eigenvalue weighted by Gasteiger charge is -2.06. The second-order valence-corrected chi connectivity index (χ2v) is 3.61. The van der Waals surface area contributed by atoms with Crippen molar-refractivity contribution in [2.45, 2.75) is 25.9 Å². The summed E-state index contributed by atoms with van der Waals surface area (Å²) < 4.78 is 18.0. The van der Waals surface area contributed by atoms with E-state index in [1.807, 2.05) is 6.07 Å². The lowest BCUT2D eigenvalue weighted by molar-refractivity contribution is -0.146. The maximum absolute atomic E-state index is 13.4. The summed E-state index contributed by atoms with van der Waals surface area (Å²) in [5.41, 5.74) is 0.740. The van der Waals surface area contributed by atoms with Crippen LogP contribution >= 0.6 is 0 Å². The Morgan fingerprint density at radius 3 is 2.53 bits per heavy atom. The number of hydrogen-bond donors (Lipinski definition) is 0. The predicted molar refractivity (Wildman–Crippen MR) is 61.3 cm³/mol. The zero-order chi connectivity index (χ0) is 12.7. The van der Waals surface area contributed by atoms with E-state index in [1.54, 1.807) is 31.2 Å². The van der Waals surface area contributed by atoms with Gasteiger partial charge in [-0.1, -0.05) is 30.3 Å². The predicted octanol–water partition coefficient (Wildman–Crippen LogP) is 2.09. The van der Waals surface area contributed by atoms with Gasteiger partial charge < -0.3 is 4.74 Å². The van der Waals surface area contributed by atoms with Crippen molar-refractivity contribution in [2.75, 3.05) is 6.61 Å². The van der Waals surface area contributed by atoms with Crippen LogP contribution < -0.4 is 0 Å². The van der Waals surface area contributed by atoms with Crippen LogP contribution in [-0.2, 0) is 20.7 Å². The van der Waals surface area contributed by atoms with Gasteiger partial charge in [0.05, 0.1) is 13.0 Å². The fraction of sp³-hybridized carbons (Fsp3) is 0.385. The quantitative estimate of drug-likeness (QED) is 0.713. The van der Waals surface area contributed by atoms with E-state index in [2.05, 4.69) is 4.74 Å². The van der Waals surface area contributed by atoms with Crippen LogP contribution in [0.3, 0.4) is 0 Å². The van der Waals surface area contributed by atoms with Gasteiger partial charge in [0.1, 0.15) is 0 Å². The third kappa shape index (κ3) is 4.76. The molecular weight excluding hydrogens is 223 g/mol. The molecule has 1 rings (SSSR count). The van der Waals surface area contributed by atoms with Crippen LogP contribution in [0.15, 0.2) is 30.3 Å². The molecule has 0 bridgehead atoms. The highest BCUT2D eigenvalue weighted by molar-refractivity contribution is 5.88. The molecule has 0 saturated heterocycles. The van der Waals surface area contributed by atoms with E-state index in [0.717, 1.165) is 5.56 Å². The third-order valence-corrected chi connectivity index (χ3v) is 2.22. The van der Waals surface area contributed by atoms with Gasteiger partial charge in [0.15, 0.2) is 12.0 Å². The van der Waals surface area contributed by atoms with Gasteiger partial charge in [-0.15, -0.1) is 0 Å². The van der Waals surface area contributed by atoms with Crippen LogP contribution in [0, 0.1) is 0 Å². The van der Waals surface area contributed by atoms with Crippen molar-refractivity contribution in [3.63, 3.8) is 0 Å². The molecule has 0 aliphatic rings. The fourth-order valence-corrected chi connectivity index (χ4v) is 1.39. The molecule has 1 unspecified atom stereocenters. The zero-order valence-corrected chi connectivity index (χ0v) is 9.69. The molecule has 0 amide bonds. The summed E-state index contributed by atoms with van der Waals surface area (Å²) in [6.07, 6.45) is -2.28. The molecule has 0 aliphatic carbocycles. The summed E-state index contributed by atoms with van der Waals surface area (Å²) in [6, 6.07) is 8.87. The van der Waals surface area contributed by atoms with Crippen LogP contribution in [0.25, 0.3) is 0 Å². The Bertz CT molecular complexity index is 376. The molecule has 1 aromatic rings. The Labute approximate surface area is 99.6 Å². The van der Waals surface area contributed by atoms with Crippen molar-refractivity contribution in [2.24, 2.45) is 0 Å². The van der Waals surface area contributed by atoms with Gasteiger partial charge >= 0.3 is 5.97 Å². The molecule has 17 heavy (non-hydrogen) atoms. The summed E-state index contributed by atoms with van der Waals surface area (Å²) in [4.78, 5) is 22.5. The first kappa shape index (κ1) is 13.4. The van der Waals surface area contributed by atoms with Crippen LogP contribution in [0.4, 0.5) is 4.39 Å². The number of alkyl halides is 1. The molecule has 3 nitrogen and oxygen atoms in total. The molecule has 0 N–H and O–H groups in total. The number of benzene rings is 1. The largest absolute Gasteiger partial charge is 0.466 e. The Morgan fingerprint density at radius 1 is 1.29 bits per heavy atom. The highest BCUT2D eigenvalue weighted by Gasteiger charge is 2.21. The third-order valence-electron chi connectivity index (χ3n) is 2.22. The molecule has 0 radical (unpaired) electrons. The second-order valence-electron chi connectivity index (χ2n) is 3.61. The number of rotatable bonds is 6. The van der Waals surface area contributed by atoms with E-state index in [4.69, 9.17) is 0 Å². The number of esters is 1. The van der Waals surface area contributed by atoms with Crippen molar-refractivity contribution in [3.8, 4) is 0 Å². The van der Waals surface area contributed by atoms with Crippen LogP contribution in [0.5, 0.6) is 0 Å². The highest BCUT2D eigenvalue weighted by Crippen LogP contribution is 2.07. The topological polar surface area (TPSA) is 43.4 Å². The molecule has 0 spiro atoms. The van der Waals surface area contributed by atoms with Gasteiger partial charge in [-0.2, -0.15) is 0 Å². The SMILES string of the molecule is CCOC(=O)CC(F)C(=O)Cc1ccccc1. The maximum Gasteiger partial charge on any atom is 0.309 e. The minimum atomic E-state index is -1.78. The molecule has 0 fully saturated rings. The summed E-state index contributed by atoms with van der Waals surface area (Å²) >= 11 is 0. The fourth-order valence-electron chi connectivity index (χ4n) is 1.39. The van der Waals surface area contributed by atoms with E-state index in [1.165, 1.54) is 0 Å². The van der Waals surface area contributed by atoms with Gasteiger partial charge in [0.2, 0.25) is 0 Å². The van der Waals surface area contributed by atoms with Crippen LogP contribution in [-0.4, -0.2) is 24.5 Å². The van der Waals surface area contributed by atoms with Crippen molar-refractivity contribution < 1.29 is 18.7 Å². The Hall–Kier alpha value is -1.71. The first-order valence-electron chi connectivity index (χ1n) is 5.49. The Balaban J connectivity index is 2.45. The van der Waals surface area contributed by atoms with Gasteiger partial charge in [-0.3, -0.25) is 9.59 Å². The van der Waals surface area contributed by atoms with Gasteiger partial charge in [0.25, 0.3) is 0 Å². The van der Waals surface area contributed by atoms with Crippen LogP contribution in [0.2, 0.25) is 0 Å². The second kappa shape index (κ2) is 6.78. The van der Waals surface area contributed by atoms with E-state index in [0.29, 0.717) is 0 Å². The lowest BCUT2D eigenvalue weighted by Crippen LogP contribution is -2.22. The van der Waals surface area contributed by atoms with Crippen molar-refractivity contribution in [1.82, 2.24) is 0 Å². The molecule has 0 saturated carbocycles. The number of ketones is 1.